The van der Waals surface area contributed by atoms with Gasteiger partial charge >= 0.3 is 5.97 Å². The van der Waals surface area contributed by atoms with Gasteiger partial charge in [0.2, 0.25) is 0 Å². The van der Waals surface area contributed by atoms with Crippen LogP contribution in [0.1, 0.15) is 11.6 Å². The van der Waals surface area contributed by atoms with Crippen molar-refractivity contribution in [2.24, 2.45) is 0 Å². The van der Waals surface area contributed by atoms with Crippen LogP contribution in [0.4, 0.5) is 5.69 Å². The fraction of sp³-hybridized carbons (Fsp3) is 0.0714. The summed E-state index contributed by atoms with van der Waals surface area (Å²) >= 11 is 3.36. The van der Waals surface area contributed by atoms with Gasteiger partial charge in [0.05, 0.1) is 0 Å². The van der Waals surface area contributed by atoms with Gasteiger partial charge in [-0.1, -0.05) is 52.3 Å². The number of hydrogen-bond donors (Lipinski definition) is 2. The summed E-state index contributed by atoms with van der Waals surface area (Å²) in [6.07, 6.45) is 0. The lowest BCUT2D eigenvalue weighted by molar-refractivity contribution is -0.138. The molecule has 0 bridgehead atoms. The van der Waals surface area contributed by atoms with Gasteiger partial charge in [-0.05, 0) is 23.8 Å². The third-order valence-electron chi connectivity index (χ3n) is 2.52. The zero-order chi connectivity index (χ0) is 13.0. The highest BCUT2D eigenvalue weighted by atomic mass is 79.9. The van der Waals surface area contributed by atoms with E-state index in [1.807, 2.05) is 42.5 Å². The van der Waals surface area contributed by atoms with Gasteiger partial charge < -0.3 is 10.4 Å². The lowest BCUT2D eigenvalue weighted by atomic mass is 10.1. The smallest absolute Gasteiger partial charge is 0.330 e. The second-order valence-electron chi connectivity index (χ2n) is 3.84. The van der Waals surface area contributed by atoms with Crippen molar-refractivity contribution in [1.82, 2.24) is 0 Å². The average Bonchev–Trinajstić information content (AvgIpc) is 2.37. The Morgan fingerprint density at radius 3 is 2.44 bits per heavy atom. The van der Waals surface area contributed by atoms with Crippen LogP contribution in [0.3, 0.4) is 0 Å². The first kappa shape index (κ1) is 12.6. The van der Waals surface area contributed by atoms with E-state index in [2.05, 4.69) is 21.2 Å². The van der Waals surface area contributed by atoms with Crippen molar-refractivity contribution >= 4 is 27.6 Å². The van der Waals surface area contributed by atoms with Crippen LogP contribution in [0, 0.1) is 0 Å². The van der Waals surface area contributed by atoms with Crippen molar-refractivity contribution in [2.75, 3.05) is 5.32 Å². The van der Waals surface area contributed by atoms with E-state index in [1.54, 1.807) is 12.1 Å². The summed E-state index contributed by atoms with van der Waals surface area (Å²) in [5.74, 6) is -0.902. The summed E-state index contributed by atoms with van der Waals surface area (Å²) in [5.41, 5.74) is 1.49. The van der Waals surface area contributed by atoms with Gasteiger partial charge in [0.25, 0.3) is 0 Å². The van der Waals surface area contributed by atoms with Crippen LogP contribution in [0.25, 0.3) is 0 Å². The molecule has 0 aliphatic carbocycles. The van der Waals surface area contributed by atoms with E-state index in [1.165, 1.54) is 0 Å². The van der Waals surface area contributed by atoms with Crippen molar-refractivity contribution < 1.29 is 9.90 Å². The second kappa shape index (κ2) is 5.69. The Morgan fingerprint density at radius 2 is 1.83 bits per heavy atom. The van der Waals surface area contributed by atoms with Crippen molar-refractivity contribution in [3.63, 3.8) is 0 Å². The summed E-state index contributed by atoms with van der Waals surface area (Å²) in [7, 11) is 0. The average molecular weight is 306 g/mol. The van der Waals surface area contributed by atoms with Gasteiger partial charge in [-0.25, -0.2) is 4.79 Å². The molecule has 0 heterocycles. The molecule has 1 unspecified atom stereocenters. The fourth-order valence-corrected chi connectivity index (χ4v) is 2.08. The van der Waals surface area contributed by atoms with Crippen LogP contribution in [-0.2, 0) is 4.79 Å². The standard InChI is InChI=1S/C14H12BrNO2/c15-11-7-4-8-12(9-11)16-13(14(17)18)10-5-2-1-3-6-10/h1-9,13,16H,(H,17,18). The number of halogens is 1. The maximum absolute atomic E-state index is 11.3. The first-order chi connectivity index (χ1) is 8.66. The molecule has 3 nitrogen and oxygen atoms in total. The number of carbonyl (C=O) groups is 1. The number of hydrogen-bond acceptors (Lipinski definition) is 2. The lowest BCUT2D eigenvalue weighted by Crippen LogP contribution is -2.20. The van der Waals surface area contributed by atoms with E-state index in [0.717, 1.165) is 15.7 Å². The molecule has 0 aliphatic rings. The number of carboxylic acid groups (broad SMARTS) is 1. The Balaban J connectivity index is 2.25. The zero-order valence-electron chi connectivity index (χ0n) is 9.51. The van der Waals surface area contributed by atoms with Crippen LogP contribution in [0.5, 0.6) is 0 Å². The summed E-state index contributed by atoms with van der Waals surface area (Å²) in [4.78, 5) is 11.3. The van der Waals surface area contributed by atoms with Gasteiger partial charge in [0, 0.05) is 10.2 Å². The molecule has 0 saturated heterocycles. The van der Waals surface area contributed by atoms with Crippen molar-refractivity contribution in [3.05, 3.63) is 64.6 Å². The third kappa shape index (κ3) is 3.11. The Morgan fingerprint density at radius 1 is 1.11 bits per heavy atom. The molecule has 2 aromatic rings. The number of nitrogens with one attached hydrogen (secondary N) is 1. The highest BCUT2D eigenvalue weighted by Crippen LogP contribution is 2.22. The zero-order valence-corrected chi connectivity index (χ0v) is 11.1. The number of aliphatic carboxylic acids is 1. The molecular formula is C14H12BrNO2. The minimum Gasteiger partial charge on any atom is -0.479 e. The lowest BCUT2D eigenvalue weighted by Gasteiger charge is -2.16. The Kier molecular flexibility index (Phi) is 3.99. The predicted octanol–water partition coefficient (Wildman–Crippen LogP) is 3.69. The van der Waals surface area contributed by atoms with Crippen LogP contribution in [0.15, 0.2) is 59.1 Å². The first-order valence-electron chi connectivity index (χ1n) is 5.46. The molecule has 0 radical (unpaired) electrons. The molecule has 18 heavy (non-hydrogen) atoms. The van der Waals surface area contributed by atoms with E-state index in [4.69, 9.17) is 0 Å². The van der Waals surface area contributed by atoms with Gasteiger partial charge in [0.15, 0.2) is 6.04 Å². The van der Waals surface area contributed by atoms with Crippen LogP contribution < -0.4 is 5.32 Å². The molecule has 0 fully saturated rings. The molecule has 2 aromatic carbocycles. The Bertz CT molecular complexity index is 543. The van der Waals surface area contributed by atoms with Crippen LogP contribution in [0.2, 0.25) is 0 Å². The summed E-state index contributed by atoms with van der Waals surface area (Å²) < 4.78 is 0.907. The minimum atomic E-state index is -0.902. The highest BCUT2D eigenvalue weighted by molar-refractivity contribution is 9.10. The Hall–Kier alpha value is -1.81. The van der Waals surface area contributed by atoms with Gasteiger partial charge in [-0.2, -0.15) is 0 Å². The molecule has 0 spiro atoms. The minimum absolute atomic E-state index is 0.727. The van der Waals surface area contributed by atoms with Gasteiger partial charge in [0.1, 0.15) is 0 Å². The van der Waals surface area contributed by atoms with E-state index >= 15 is 0 Å². The quantitative estimate of drug-likeness (QED) is 0.906. The number of carboxylic acids is 1. The molecule has 4 heteroatoms. The van der Waals surface area contributed by atoms with E-state index in [0.29, 0.717) is 0 Å². The van der Waals surface area contributed by atoms with Crippen LogP contribution >= 0.6 is 15.9 Å². The third-order valence-corrected chi connectivity index (χ3v) is 3.01. The van der Waals surface area contributed by atoms with E-state index in [9.17, 15) is 9.90 Å². The first-order valence-corrected chi connectivity index (χ1v) is 6.26. The molecule has 0 aliphatic heterocycles. The molecule has 92 valence electrons. The SMILES string of the molecule is O=C(O)C(Nc1cccc(Br)c1)c1ccccc1. The summed E-state index contributed by atoms with van der Waals surface area (Å²) in [6, 6.07) is 15.8. The normalized spacial score (nSPS) is 11.8. The van der Waals surface area contributed by atoms with Gasteiger partial charge in [-0.3, -0.25) is 0 Å². The van der Waals surface area contributed by atoms with Crippen molar-refractivity contribution in [1.29, 1.82) is 0 Å². The second-order valence-corrected chi connectivity index (χ2v) is 4.75. The highest BCUT2D eigenvalue weighted by Gasteiger charge is 2.18. The fourth-order valence-electron chi connectivity index (χ4n) is 1.68. The topological polar surface area (TPSA) is 49.3 Å². The van der Waals surface area contributed by atoms with Crippen molar-refractivity contribution in [3.8, 4) is 0 Å². The molecule has 2 N–H and O–H groups in total. The summed E-state index contributed by atoms with van der Waals surface area (Å²) in [6.45, 7) is 0. The molecule has 0 saturated carbocycles. The predicted molar refractivity (Wildman–Crippen MR) is 74.6 cm³/mol. The monoisotopic (exact) mass is 305 g/mol. The number of rotatable bonds is 4. The Labute approximate surface area is 114 Å². The van der Waals surface area contributed by atoms with E-state index < -0.39 is 12.0 Å². The van der Waals surface area contributed by atoms with E-state index in [-0.39, 0.29) is 0 Å². The molecule has 0 amide bonds. The van der Waals surface area contributed by atoms with Gasteiger partial charge in [-0.15, -0.1) is 0 Å². The maximum atomic E-state index is 11.3. The van der Waals surface area contributed by atoms with Crippen LogP contribution in [-0.4, -0.2) is 11.1 Å². The molecular weight excluding hydrogens is 294 g/mol. The molecule has 2 rings (SSSR count). The number of anilines is 1. The van der Waals surface area contributed by atoms with Crippen molar-refractivity contribution in [2.45, 2.75) is 6.04 Å². The maximum Gasteiger partial charge on any atom is 0.330 e. The molecule has 1 atom stereocenters. The largest absolute Gasteiger partial charge is 0.479 e. The molecule has 0 aromatic heterocycles. The number of benzene rings is 2. The summed E-state index contributed by atoms with van der Waals surface area (Å²) in [5, 5.41) is 12.3.